The number of amides is 1. The molecule has 3 saturated carbocycles. The molecule has 0 aromatic rings. The maximum atomic E-state index is 12.7. The Morgan fingerprint density at radius 2 is 1.79 bits per heavy atom. The number of rotatable bonds is 0. The molecule has 0 aromatic carbocycles. The largest absolute Gasteiger partial charge is 0.342 e. The van der Waals surface area contributed by atoms with E-state index >= 15 is 0 Å². The van der Waals surface area contributed by atoms with Gasteiger partial charge >= 0.3 is 0 Å². The van der Waals surface area contributed by atoms with Crippen molar-refractivity contribution in [1.29, 1.82) is 0 Å². The fourth-order valence-corrected chi connectivity index (χ4v) is 7.70. The Hall–Kier alpha value is -0.860. The monoisotopic (exact) mass is 331 g/mol. The van der Waals surface area contributed by atoms with E-state index in [1.807, 2.05) is 7.05 Å². The molecule has 0 radical (unpaired) electrons. The number of hydrogen-bond donors (Lipinski definition) is 0. The van der Waals surface area contributed by atoms with E-state index in [2.05, 4.69) is 32.6 Å². The molecule has 1 aliphatic heterocycles. The van der Waals surface area contributed by atoms with Gasteiger partial charge in [0, 0.05) is 31.3 Å². The lowest BCUT2D eigenvalue weighted by atomic mass is 9.44. The average molecular weight is 332 g/mol. The van der Waals surface area contributed by atoms with E-state index in [9.17, 15) is 9.59 Å². The number of fused-ring (bicyclic) bond motifs is 5. The third kappa shape index (κ3) is 1.90. The van der Waals surface area contributed by atoms with Crippen molar-refractivity contribution in [2.45, 2.75) is 72.3 Å². The molecule has 3 nitrogen and oxygen atoms in total. The molecule has 1 heterocycles. The predicted molar refractivity (Wildman–Crippen MR) is 94.3 cm³/mol. The number of piperidine rings is 1. The van der Waals surface area contributed by atoms with Crippen LogP contribution in [0.5, 0.6) is 0 Å². The molecule has 0 bridgehead atoms. The second-order valence-electron chi connectivity index (χ2n) is 10.0. The molecule has 8 atom stereocenters. The molecule has 1 amide bonds. The van der Waals surface area contributed by atoms with Crippen LogP contribution >= 0.6 is 0 Å². The zero-order valence-corrected chi connectivity index (χ0v) is 16.0. The standard InChI is InChI=1S/C21H33NO2/c1-12-10-15-20(3,9-7-17(24)22(15)5)14-6-8-21(4)16(23)11-13(2)19(21)18(12)14/h12-15,18-19H,6-11H2,1-5H3/t12?,13?,14-,15?,18-,19+,20-,21-/m1/s1. The topological polar surface area (TPSA) is 37.4 Å². The highest BCUT2D eigenvalue weighted by molar-refractivity contribution is 5.87. The second-order valence-corrected chi connectivity index (χ2v) is 10.0. The van der Waals surface area contributed by atoms with E-state index in [-0.39, 0.29) is 10.8 Å². The summed E-state index contributed by atoms with van der Waals surface area (Å²) in [5.41, 5.74) is 0.168. The van der Waals surface area contributed by atoms with E-state index in [4.69, 9.17) is 0 Å². The summed E-state index contributed by atoms with van der Waals surface area (Å²) in [6.07, 6.45) is 5.89. The molecule has 134 valence electrons. The first-order chi connectivity index (χ1) is 11.2. The van der Waals surface area contributed by atoms with Gasteiger partial charge in [0.2, 0.25) is 5.91 Å². The Bertz CT molecular complexity index is 586. The van der Waals surface area contributed by atoms with Gasteiger partial charge in [-0.1, -0.05) is 27.7 Å². The van der Waals surface area contributed by atoms with E-state index in [0.717, 1.165) is 25.7 Å². The summed E-state index contributed by atoms with van der Waals surface area (Å²) in [6.45, 7) is 9.42. The van der Waals surface area contributed by atoms with Crippen molar-refractivity contribution in [3.63, 3.8) is 0 Å². The molecule has 3 unspecified atom stereocenters. The van der Waals surface area contributed by atoms with Gasteiger partial charge in [0.15, 0.2) is 0 Å². The normalized spacial score (nSPS) is 54.3. The SMILES string of the molecule is CC1CC2N(C)C(=O)CC[C@]2(C)[C@@H]2CC[C@]3(C)C(=O)CC(C)[C@H]3[C@H]12. The molecule has 4 rings (SSSR count). The number of Topliss-reactive ketones (excluding diaryl/α,β-unsaturated/α-hetero) is 1. The third-order valence-corrected chi connectivity index (χ3v) is 8.95. The Kier molecular flexibility index (Phi) is 3.51. The zero-order valence-electron chi connectivity index (χ0n) is 16.0. The fraction of sp³-hybridized carbons (Fsp3) is 0.905. The van der Waals surface area contributed by atoms with Crippen LogP contribution in [-0.2, 0) is 9.59 Å². The van der Waals surface area contributed by atoms with Gasteiger partial charge in [-0.05, 0) is 60.7 Å². The van der Waals surface area contributed by atoms with Gasteiger partial charge < -0.3 is 4.90 Å². The highest BCUT2D eigenvalue weighted by atomic mass is 16.2. The summed E-state index contributed by atoms with van der Waals surface area (Å²) in [7, 11) is 2.02. The Balaban J connectivity index is 1.74. The lowest BCUT2D eigenvalue weighted by Crippen LogP contribution is -2.63. The molecule has 4 aliphatic rings. The Morgan fingerprint density at radius 1 is 1.08 bits per heavy atom. The predicted octanol–water partition coefficient (Wildman–Crippen LogP) is 3.91. The lowest BCUT2D eigenvalue weighted by Gasteiger charge is -2.63. The molecular weight excluding hydrogens is 298 g/mol. The van der Waals surface area contributed by atoms with Crippen LogP contribution in [0.15, 0.2) is 0 Å². The highest BCUT2D eigenvalue weighted by Gasteiger charge is 2.64. The minimum absolute atomic E-state index is 0.0750. The molecule has 1 saturated heterocycles. The number of hydrogen-bond acceptors (Lipinski definition) is 2. The first-order valence-electron chi connectivity index (χ1n) is 9.99. The van der Waals surface area contributed by atoms with Crippen LogP contribution in [0, 0.1) is 40.4 Å². The molecule has 0 aromatic heterocycles. The molecular formula is C21H33NO2. The van der Waals surface area contributed by atoms with Crippen molar-refractivity contribution in [2.24, 2.45) is 40.4 Å². The number of carbonyl (C=O) groups is 2. The van der Waals surface area contributed by atoms with Crippen molar-refractivity contribution in [3.8, 4) is 0 Å². The van der Waals surface area contributed by atoms with E-state index in [1.165, 1.54) is 6.42 Å². The quantitative estimate of drug-likeness (QED) is 0.675. The summed E-state index contributed by atoms with van der Waals surface area (Å²) in [5.74, 6) is 3.88. The minimum atomic E-state index is -0.0750. The number of ketones is 1. The summed E-state index contributed by atoms with van der Waals surface area (Å²) in [6, 6.07) is 0.395. The van der Waals surface area contributed by atoms with Crippen molar-refractivity contribution in [3.05, 3.63) is 0 Å². The summed E-state index contributed by atoms with van der Waals surface area (Å²) < 4.78 is 0. The fourth-order valence-electron chi connectivity index (χ4n) is 7.70. The van der Waals surface area contributed by atoms with Crippen molar-refractivity contribution >= 4 is 11.7 Å². The van der Waals surface area contributed by atoms with E-state index in [0.29, 0.717) is 53.7 Å². The Morgan fingerprint density at radius 3 is 2.50 bits per heavy atom. The summed E-state index contributed by atoms with van der Waals surface area (Å²) >= 11 is 0. The van der Waals surface area contributed by atoms with Gasteiger partial charge in [-0.25, -0.2) is 0 Å². The van der Waals surface area contributed by atoms with Gasteiger partial charge in [0.05, 0.1) is 0 Å². The zero-order chi connectivity index (χ0) is 17.4. The second kappa shape index (κ2) is 5.08. The van der Waals surface area contributed by atoms with Gasteiger partial charge in [-0.15, -0.1) is 0 Å². The van der Waals surface area contributed by atoms with Crippen molar-refractivity contribution in [1.82, 2.24) is 4.90 Å². The van der Waals surface area contributed by atoms with Crippen LogP contribution in [0.4, 0.5) is 0 Å². The smallest absolute Gasteiger partial charge is 0.222 e. The highest BCUT2D eigenvalue weighted by Crippen LogP contribution is 2.66. The number of nitrogens with zero attached hydrogens (tertiary/aromatic N) is 1. The van der Waals surface area contributed by atoms with Gasteiger partial charge in [-0.3, -0.25) is 9.59 Å². The van der Waals surface area contributed by atoms with Crippen molar-refractivity contribution < 1.29 is 9.59 Å². The minimum Gasteiger partial charge on any atom is -0.342 e. The van der Waals surface area contributed by atoms with Crippen molar-refractivity contribution in [2.75, 3.05) is 7.05 Å². The van der Waals surface area contributed by atoms with E-state index in [1.54, 1.807) is 0 Å². The van der Waals surface area contributed by atoms with Crippen LogP contribution in [0.2, 0.25) is 0 Å². The third-order valence-electron chi connectivity index (χ3n) is 8.95. The summed E-state index contributed by atoms with van der Waals surface area (Å²) in [5, 5.41) is 0. The van der Waals surface area contributed by atoms with Crippen LogP contribution in [-0.4, -0.2) is 29.7 Å². The van der Waals surface area contributed by atoms with Crippen LogP contribution in [0.25, 0.3) is 0 Å². The first kappa shape index (κ1) is 16.6. The van der Waals surface area contributed by atoms with E-state index < -0.39 is 0 Å². The average Bonchev–Trinajstić information content (AvgIpc) is 2.76. The van der Waals surface area contributed by atoms with Crippen LogP contribution in [0.1, 0.15) is 66.2 Å². The lowest BCUT2D eigenvalue weighted by molar-refractivity contribution is -0.168. The van der Waals surface area contributed by atoms with Gasteiger partial charge in [0.25, 0.3) is 0 Å². The molecule has 3 aliphatic carbocycles. The number of carbonyl (C=O) groups excluding carboxylic acids is 2. The Labute approximate surface area is 146 Å². The molecule has 3 heteroatoms. The molecule has 24 heavy (non-hydrogen) atoms. The summed E-state index contributed by atoms with van der Waals surface area (Å²) in [4.78, 5) is 27.1. The molecule has 0 N–H and O–H groups in total. The first-order valence-corrected chi connectivity index (χ1v) is 9.99. The van der Waals surface area contributed by atoms with Gasteiger partial charge in [-0.2, -0.15) is 0 Å². The maximum Gasteiger partial charge on any atom is 0.222 e. The van der Waals surface area contributed by atoms with Crippen LogP contribution in [0.3, 0.4) is 0 Å². The van der Waals surface area contributed by atoms with Gasteiger partial charge in [0.1, 0.15) is 5.78 Å². The number of likely N-dealkylation sites (tertiary alicyclic amines) is 1. The van der Waals surface area contributed by atoms with Crippen LogP contribution < -0.4 is 0 Å². The molecule has 0 spiro atoms. The molecule has 4 fully saturated rings. The maximum absolute atomic E-state index is 12.7.